The van der Waals surface area contributed by atoms with Crippen LogP contribution in [-0.4, -0.2) is 19.2 Å². The highest BCUT2D eigenvalue weighted by Gasteiger charge is 2.13. The lowest BCUT2D eigenvalue weighted by molar-refractivity contribution is 0.0472. The lowest BCUT2D eigenvalue weighted by Crippen LogP contribution is -2.07. The molecule has 26 heavy (non-hydrogen) atoms. The minimum atomic E-state index is -0.366. The summed E-state index contributed by atoms with van der Waals surface area (Å²) in [7, 11) is 0. The van der Waals surface area contributed by atoms with Gasteiger partial charge in [-0.2, -0.15) is 0 Å². The van der Waals surface area contributed by atoms with E-state index in [0.29, 0.717) is 30.3 Å². The van der Waals surface area contributed by atoms with Crippen LogP contribution in [0.15, 0.2) is 48.5 Å². The van der Waals surface area contributed by atoms with Crippen molar-refractivity contribution in [1.29, 1.82) is 0 Å². The zero-order valence-corrected chi connectivity index (χ0v) is 15.7. The molecule has 0 aliphatic carbocycles. The summed E-state index contributed by atoms with van der Waals surface area (Å²) in [6, 6.07) is 14.9. The molecule has 2 rings (SSSR count). The molecule has 0 radical (unpaired) electrons. The highest BCUT2D eigenvalue weighted by Crippen LogP contribution is 2.29. The number of carbonyl (C=O) groups excluding carboxylic acids is 1. The minimum absolute atomic E-state index is 0.250. The first kappa shape index (κ1) is 19.8. The van der Waals surface area contributed by atoms with Crippen LogP contribution in [-0.2, 0) is 11.3 Å². The summed E-state index contributed by atoms with van der Waals surface area (Å²) in [4.78, 5) is 12.4. The number of carbonyl (C=O) groups is 1. The molecule has 4 heteroatoms. The fraction of sp³-hybridized carbons (Fsp3) is 0.409. The Hall–Kier alpha value is -2.49. The average molecular weight is 356 g/mol. The van der Waals surface area contributed by atoms with Crippen molar-refractivity contribution in [3.8, 4) is 11.5 Å². The quantitative estimate of drug-likeness (QED) is 0.399. The molecule has 0 saturated carbocycles. The maximum absolute atomic E-state index is 12.4. The first-order chi connectivity index (χ1) is 12.7. The van der Waals surface area contributed by atoms with Crippen LogP contribution in [0, 0.1) is 0 Å². The van der Waals surface area contributed by atoms with E-state index in [9.17, 15) is 4.79 Å². The Kier molecular flexibility index (Phi) is 8.53. The lowest BCUT2D eigenvalue weighted by Gasteiger charge is -2.14. The third kappa shape index (κ3) is 6.43. The Morgan fingerprint density at radius 3 is 2.15 bits per heavy atom. The molecule has 0 aliphatic rings. The molecule has 0 atom stereocenters. The van der Waals surface area contributed by atoms with E-state index in [4.69, 9.17) is 14.2 Å². The van der Waals surface area contributed by atoms with E-state index in [1.54, 1.807) is 18.2 Å². The summed E-state index contributed by atoms with van der Waals surface area (Å²) in [5.41, 5.74) is 1.43. The van der Waals surface area contributed by atoms with Crippen LogP contribution in [0.3, 0.4) is 0 Å². The van der Waals surface area contributed by atoms with Gasteiger partial charge in [0.25, 0.3) is 0 Å². The molecular weight excluding hydrogens is 328 g/mol. The van der Waals surface area contributed by atoms with Crippen molar-refractivity contribution in [2.24, 2.45) is 0 Å². The standard InChI is InChI=1S/C22H28O4/c1-3-5-14-24-20-13-12-19(16-21(20)25-15-6-4-2)22(23)26-17-18-10-8-7-9-11-18/h7-13,16H,3-6,14-15,17H2,1-2H3. The number of hydrogen-bond acceptors (Lipinski definition) is 4. The number of esters is 1. The van der Waals surface area contributed by atoms with Crippen molar-refractivity contribution >= 4 is 5.97 Å². The molecule has 0 N–H and O–H groups in total. The van der Waals surface area contributed by atoms with Gasteiger partial charge in [-0.25, -0.2) is 4.79 Å². The van der Waals surface area contributed by atoms with Gasteiger partial charge < -0.3 is 14.2 Å². The molecule has 2 aromatic carbocycles. The molecule has 0 unspecified atom stereocenters. The van der Waals surface area contributed by atoms with Gasteiger partial charge >= 0.3 is 5.97 Å². The van der Waals surface area contributed by atoms with Gasteiger partial charge in [0.2, 0.25) is 0 Å². The van der Waals surface area contributed by atoms with Gasteiger partial charge in [0, 0.05) is 0 Å². The fourth-order valence-electron chi connectivity index (χ4n) is 2.33. The highest BCUT2D eigenvalue weighted by molar-refractivity contribution is 5.90. The molecule has 0 heterocycles. The Labute approximate surface area is 156 Å². The predicted octanol–water partition coefficient (Wildman–Crippen LogP) is 5.40. The number of benzene rings is 2. The van der Waals surface area contributed by atoms with Gasteiger partial charge in [-0.05, 0) is 36.6 Å². The Morgan fingerprint density at radius 1 is 0.846 bits per heavy atom. The van der Waals surface area contributed by atoms with E-state index in [0.717, 1.165) is 31.2 Å². The molecule has 0 aromatic heterocycles. The molecule has 140 valence electrons. The van der Waals surface area contributed by atoms with E-state index in [-0.39, 0.29) is 12.6 Å². The average Bonchev–Trinajstić information content (AvgIpc) is 2.68. The molecule has 0 saturated heterocycles. The number of unbranched alkanes of at least 4 members (excludes halogenated alkanes) is 2. The molecule has 0 spiro atoms. The predicted molar refractivity (Wildman–Crippen MR) is 103 cm³/mol. The summed E-state index contributed by atoms with van der Waals surface area (Å²) in [6.07, 6.45) is 4.05. The van der Waals surface area contributed by atoms with Crippen LogP contribution in [0.25, 0.3) is 0 Å². The van der Waals surface area contributed by atoms with Crippen LogP contribution in [0.1, 0.15) is 55.5 Å². The van der Waals surface area contributed by atoms with Crippen molar-refractivity contribution in [2.45, 2.75) is 46.1 Å². The molecule has 0 bridgehead atoms. The van der Waals surface area contributed by atoms with Crippen LogP contribution >= 0.6 is 0 Å². The number of ether oxygens (including phenoxy) is 3. The van der Waals surface area contributed by atoms with Gasteiger partial charge in [0.05, 0.1) is 18.8 Å². The largest absolute Gasteiger partial charge is 0.490 e. The van der Waals surface area contributed by atoms with E-state index >= 15 is 0 Å². The maximum atomic E-state index is 12.4. The third-order valence-electron chi connectivity index (χ3n) is 3.90. The summed E-state index contributed by atoms with van der Waals surface area (Å²) >= 11 is 0. The second-order valence-corrected chi connectivity index (χ2v) is 6.13. The third-order valence-corrected chi connectivity index (χ3v) is 3.90. The van der Waals surface area contributed by atoms with Gasteiger partial charge in [0.1, 0.15) is 6.61 Å². The SMILES string of the molecule is CCCCOc1ccc(C(=O)OCc2ccccc2)cc1OCCCC. The van der Waals surface area contributed by atoms with Crippen molar-refractivity contribution in [3.63, 3.8) is 0 Å². The molecule has 0 fully saturated rings. The molecule has 4 nitrogen and oxygen atoms in total. The van der Waals surface area contributed by atoms with Crippen molar-refractivity contribution in [3.05, 3.63) is 59.7 Å². The van der Waals surface area contributed by atoms with E-state index in [1.165, 1.54) is 0 Å². The van der Waals surface area contributed by atoms with Gasteiger partial charge in [-0.15, -0.1) is 0 Å². The first-order valence-corrected chi connectivity index (χ1v) is 9.35. The van der Waals surface area contributed by atoms with Crippen molar-refractivity contribution in [2.75, 3.05) is 13.2 Å². The van der Waals surface area contributed by atoms with Gasteiger partial charge in [-0.1, -0.05) is 57.0 Å². The molecule has 2 aromatic rings. The normalized spacial score (nSPS) is 10.4. The number of rotatable bonds is 11. The monoisotopic (exact) mass is 356 g/mol. The van der Waals surface area contributed by atoms with E-state index in [2.05, 4.69) is 13.8 Å². The van der Waals surface area contributed by atoms with Gasteiger partial charge in [0.15, 0.2) is 11.5 Å². The summed E-state index contributed by atoms with van der Waals surface area (Å²) in [6.45, 7) is 5.72. The maximum Gasteiger partial charge on any atom is 0.338 e. The summed E-state index contributed by atoms with van der Waals surface area (Å²) in [5.74, 6) is 0.909. The number of hydrogen-bond donors (Lipinski definition) is 0. The summed E-state index contributed by atoms with van der Waals surface area (Å²) in [5, 5.41) is 0. The first-order valence-electron chi connectivity index (χ1n) is 9.35. The zero-order chi connectivity index (χ0) is 18.6. The second kappa shape index (κ2) is 11.2. The zero-order valence-electron chi connectivity index (χ0n) is 15.7. The second-order valence-electron chi connectivity index (χ2n) is 6.13. The summed E-state index contributed by atoms with van der Waals surface area (Å²) < 4.78 is 17.0. The van der Waals surface area contributed by atoms with Crippen LogP contribution in [0.2, 0.25) is 0 Å². The molecule has 0 amide bonds. The van der Waals surface area contributed by atoms with Crippen LogP contribution in [0.5, 0.6) is 11.5 Å². The Balaban J connectivity index is 2.04. The molecule has 0 aliphatic heterocycles. The lowest BCUT2D eigenvalue weighted by atomic mass is 10.2. The Bertz CT molecular complexity index is 667. The highest BCUT2D eigenvalue weighted by atomic mass is 16.5. The van der Waals surface area contributed by atoms with E-state index in [1.807, 2.05) is 30.3 Å². The van der Waals surface area contributed by atoms with Crippen LogP contribution < -0.4 is 9.47 Å². The minimum Gasteiger partial charge on any atom is -0.490 e. The van der Waals surface area contributed by atoms with Gasteiger partial charge in [-0.3, -0.25) is 0 Å². The van der Waals surface area contributed by atoms with Crippen LogP contribution in [0.4, 0.5) is 0 Å². The topological polar surface area (TPSA) is 44.8 Å². The smallest absolute Gasteiger partial charge is 0.338 e. The Morgan fingerprint density at radius 2 is 1.50 bits per heavy atom. The molecular formula is C22H28O4. The fourth-order valence-corrected chi connectivity index (χ4v) is 2.33. The van der Waals surface area contributed by atoms with Crippen molar-refractivity contribution < 1.29 is 19.0 Å². The van der Waals surface area contributed by atoms with E-state index < -0.39 is 0 Å². The van der Waals surface area contributed by atoms with Crippen molar-refractivity contribution in [1.82, 2.24) is 0 Å².